The zero-order valence-corrected chi connectivity index (χ0v) is 8.91. The monoisotopic (exact) mass is 245 g/mol. The number of anilines is 1. The van der Waals surface area contributed by atoms with Crippen LogP contribution in [0.3, 0.4) is 0 Å². The van der Waals surface area contributed by atoms with Crippen LogP contribution in [0.15, 0.2) is 36.4 Å². The first kappa shape index (κ1) is 13.1. The fraction of sp³-hybridized carbons (Fsp3) is 0.182. The molecular formula is C11H10F3NO2. The highest BCUT2D eigenvalue weighted by Crippen LogP contribution is 2.17. The third-order valence-corrected chi connectivity index (χ3v) is 1.78. The molecule has 0 aliphatic carbocycles. The van der Waals surface area contributed by atoms with E-state index in [0.717, 1.165) is 0 Å². The summed E-state index contributed by atoms with van der Waals surface area (Å²) in [4.78, 5) is 11.1. The highest BCUT2D eigenvalue weighted by Gasteiger charge is 2.22. The van der Waals surface area contributed by atoms with Crippen molar-refractivity contribution in [3.63, 3.8) is 0 Å². The quantitative estimate of drug-likeness (QED) is 0.831. The molecule has 0 aliphatic rings. The molecule has 1 N–H and O–H groups in total. The Balaban J connectivity index is 2.59. The molecule has 0 aliphatic heterocycles. The second kappa shape index (κ2) is 5.38. The lowest BCUT2D eigenvalue weighted by atomic mass is 10.3. The molecule has 6 heteroatoms. The highest BCUT2D eigenvalue weighted by molar-refractivity contribution is 5.99. The molecule has 0 fully saturated rings. The molecule has 1 aromatic carbocycles. The fourth-order valence-corrected chi connectivity index (χ4v) is 1.03. The maximum Gasteiger partial charge on any atom is 0.409 e. The number of methoxy groups -OCH3 is 1. The molecule has 0 spiro atoms. The van der Waals surface area contributed by atoms with Crippen molar-refractivity contribution in [1.29, 1.82) is 0 Å². The third kappa shape index (κ3) is 5.05. The van der Waals surface area contributed by atoms with Crippen LogP contribution in [0.1, 0.15) is 0 Å². The Bertz CT molecular complexity index is 410. The van der Waals surface area contributed by atoms with Gasteiger partial charge in [0, 0.05) is 17.8 Å². The molecule has 0 aromatic heterocycles. The van der Waals surface area contributed by atoms with Gasteiger partial charge in [-0.1, -0.05) is 0 Å². The Morgan fingerprint density at radius 3 is 2.35 bits per heavy atom. The summed E-state index contributed by atoms with van der Waals surface area (Å²) in [6, 6.07) is 6.22. The van der Waals surface area contributed by atoms with Gasteiger partial charge < -0.3 is 10.1 Å². The number of carbonyl (C=O) groups is 1. The first-order valence-corrected chi connectivity index (χ1v) is 4.62. The van der Waals surface area contributed by atoms with Gasteiger partial charge in [-0.05, 0) is 24.3 Å². The van der Waals surface area contributed by atoms with E-state index >= 15 is 0 Å². The minimum atomic E-state index is -4.49. The molecule has 3 nitrogen and oxygen atoms in total. The van der Waals surface area contributed by atoms with Crippen LogP contribution in [-0.2, 0) is 4.79 Å². The number of carbonyl (C=O) groups excluding carboxylic acids is 1. The van der Waals surface area contributed by atoms with Crippen molar-refractivity contribution in [2.45, 2.75) is 6.18 Å². The predicted molar refractivity (Wildman–Crippen MR) is 56.8 cm³/mol. The third-order valence-electron chi connectivity index (χ3n) is 1.78. The van der Waals surface area contributed by atoms with Gasteiger partial charge in [0.1, 0.15) is 5.75 Å². The number of ether oxygens (including phenoxy) is 1. The van der Waals surface area contributed by atoms with E-state index in [1.807, 2.05) is 0 Å². The zero-order chi connectivity index (χ0) is 12.9. The first-order chi connectivity index (χ1) is 7.90. The number of hydrogen-bond acceptors (Lipinski definition) is 2. The Hall–Kier alpha value is -1.98. The lowest BCUT2D eigenvalue weighted by Gasteiger charge is -2.04. The number of amides is 1. The van der Waals surface area contributed by atoms with Gasteiger partial charge in [0.2, 0.25) is 5.91 Å². The van der Waals surface area contributed by atoms with Crippen LogP contribution in [0.2, 0.25) is 0 Å². The average molecular weight is 245 g/mol. The molecule has 0 radical (unpaired) electrons. The minimum absolute atomic E-state index is 0.119. The van der Waals surface area contributed by atoms with Crippen LogP contribution in [0.25, 0.3) is 0 Å². The second-order valence-corrected chi connectivity index (χ2v) is 3.09. The van der Waals surface area contributed by atoms with Crippen molar-refractivity contribution >= 4 is 11.6 Å². The number of nitrogens with one attached hydrogen (secondary N) is 1. The van der Waals surface area contributed by atoms with Crippen LogP contribution in [0.5, 0.6) is 5.75 Å². The topological polar surface area (TPSA) is 38.3 Å². The molecule has 17 heavy (non-hydrogen) atoms. The van der Waals surface area contributed by atoms with Gasteiger partial charge in [0.15, 0.2) is 0 Å². The van der Waals surface area contributed by atoms with Gasteiger partial charge in [0.25, 0.3) is 0 Å². The van der Waals surface area contributed by atoms with Gasteiger partial charge in [-0.3, -0.25) is 4.79 Å². The number of hydrogen-bond donors (Lipinski definition) is 1. The van der Waals surface area contributed by atoms with Gasteiger partial charge >= 0.3 is 6.18 Å². The Kier molecular flexibility index (Phi) is 4.14. The standard InChI is InChI=1S/C11H10F3NO2/c1-17-9-4-2-8(3-5-9)15-10(16)6-7-11(12,13)14/h2-7H,1H3,(H,15,16)/b7-6+. The van der Waals surface area contributed by atoms with E-state index < -0.39 is 12.1 Å². The smallest absolute Gasteiger partial charge is 0.409 e. The lowest BCUT2D eigenvalue weighted by Crippen LogP contribution is -2.10. The molecule has 1 aromatic rings. The summed E-state index contributed by atoms with van der Waals surface area (Å²) in [5.41, 5.74) is 0.391. The van der Waals surface area contributed by atoms with Gasteiger partial charge in [-0.2, -0.15) is 13.2 Å². The molecule has 0 bridgehead atoms. The predicted octanol–water partition coefficient (Wildman–Crippen LogP) is 2.75. The SMILES string of the molecule is COc1ccc(NC(=O)/C=C/C(F)(F)F)cc1. The summed E-state index contributed by atoms with van der Waals surface area (Å²) < 4.78 is 40.2. The van der Waals surface area contributed by atoms with Crippen LogP contribution in [0, 0.1) is 0 Å². The number of alkyl halides is 3. The van der Waals surface area contributed by atoms with E-state index in [1.54, 1.807) is 12.1 Å². The molecule has 0 unspecified atom stereocenters. The molecule has 1 amide bonds. The summed E-state index contributed by atoms with van der Waals surface area (Å²) in [6.07, 6.45) is -4.17. The summed E-state index contributed by atoms with van der Waals surface area (Å²) in [5.74, 6) is -0.249. The summed E-state index contributed by atoms with van der Waals surface area (Å²) in [7, 11) is 1.49. The van der Waals surface area contributed by atoms with Crippen molar-refractivity contribution in [2.24, 2.45) is 0 Å². The number of rotatable bonds is 3. The fourth-order valence-electron chi connectivity index (χ4n) is 1.03. The number of halogens is 3. The summed E-state index contributed by atoms with van der Waals surface area (Å²) in [5, 5.41) is 2.28. The van der Waals surface area contributed by atoms with Crippen LogP contribution in [-0.4, -0.2) is 19.2 Å². The number of benzene rings is 1. The maximum atomic E-state index is 11.8. The van der Waals surface area contributed by atoms with Crippen LogP contribution < -0.4 is 10.1 Å². The molecular weight excluding hydrogens is 235 g/mol. The van der Waals surface area contributed by atoms with Crippen LogP contribution in [0.4, 0.5) is 18.9 Å². The number of allylic oxidation sites excluding steroid dienone is 1. The molecule has 92 valence electrons. The highest BCUT2D eigenvalue weighted by atomic mass is 19.4. The molecule has 1 rings (SSSR count). The Morgan fingerprint density at radius 2 is 1.88 bits per heavy atom. The molecule has 0 saturated heterocycles. The molecule has 0 atom stereocenters. The summed E-state index contributed by atoms with van der Waals surface area (Å²) >= 11 is 0. The van der Waals surface area contributed by atoms with Crippen LogP contribution >= 0.6 is 0 Å². The van der Waals surface area contributed by atoms with E-state index in [-0.39, 0.29) is 6.08 Å². The normalized spacial score (nSPS) is 11.5. The van der Waals surface area contributed by atoms with E-state index in [9.17, 15) is 18.0 Å². The first-order valence-electron chi connectivity index (χ1n) is 4.62. The van der Waals surface area contributed by atoms with E-state index in [1.165, 1.54) is 19.2 Å². The zero-order valence-electron chi connectivity index (χ0n) is 8.91. The van der Waals surface area contributed by atoms with Gasteiger partial charge in [-0.15, -0.1) is 0 Å². The minimum Gasteiger partial charge on any atom is -0.497 e. The summed E-state index contributed by atoms with van der Waals surface area (Å²) in [6.45, 7) is 0. The van der Waals surface area contributed by atoms with E-state index in [0.29, 0.717) is 17.5 Å². The second-order valence-electron chi connectivity index (χ2n) is 3.09. The van der Waals surface area contributed by atoms with Gasteiger partial charge in [0.05, 0.1) is 7.11 Å². The Morgan fingerprint density at radius 1 is 1.29 bits per heavy atom. The van der Waals surface area contributed by atoms with E-state index in [4.69, 9.17) is 4.74 Å². The van der Waals surface area contributed by atoms with Crippen molar-refractivity contribution in [3.8, 4) is 5.75 Å². The van der Waals surface area contributed by atoms with Crippen molar-refractivity contribution in [2.75, 3.05) is 12.4 Å². The van der Waals surface area contributed by atoms with Gasteiger partial charge in [-0.25, -0.2) is 0 Å². The van der Waals surface area contributed by atoms with Crippen molar-refractivity contribution in [3.05, 3.63) is 36.4 Å². The average Bonchev–Trinajstić information content (AvgIpc) is 2.27. The molecule has 0 saturated carbocycles. The van der Waals surface area contributed by atoms with Crippen molar-refractivity contribution < 1.29 is 22.7 Å². The largest absolute Gasteiger partial charge is 0.497 e. The Labute approximate surface area is 95.9 Å². The molecule has 0 heterocycles. The van der Waals surface area contributed by atoms with E-state index in [2.05, 4.69) is 5.32 Å². The lowest BCUT2D eigenvalue weighted by molar-refractivity contribution is -0.112. The maximum absolute atomic E-state index is 11.8. The van der Waals surface area contributed by atoms with Crippen molar-refractivity contribution in [1.82, 2.24) is 0 Å².